The lowest BCUT2D eigenvalue weighted by atomic mass is 10.1. The summed E-state index contributed by atoms with van der Waals surface area (Å²) in [6.45, 7) is 0. The molecule has 0 aliphatic carbocycles. The average Bonchev–Trinajstić information content (AvgIpc) is 2.42. The lowest BCUT2D eigenvalue weighted by Crippen LogP contribution is -2.12. The van der Waals surface area contributed by atoms with Gasteiger partial charge >= 0.3 is 0 Å². The Kier molecular flexibility index (Phi) is 4.23. The molecule has 2 rings (SSSR count). The topological polar surface area (TPSA) is 52.9 Å². The number of nitriles is 1. The minimum atomic E-state index is -0.593. The lowest BCUT2D eigenvalue weighted by Gasteiger charge is -2.09. The van der Waals surface area contributed by atoms with E-state index in [9.17, 15) is 9.18 Å². The van der Waals surface area contributed by atoms with E-state index in [1.54, 1.807) is 18.2 Å². The molecule has 20 heavy (non-hydrogen) atoms. The first kappa shape index (κ1) is 14.3. The fourth-order valence-corrected chi connectivity index (χ4v) is 2.13. The van der Waals surface area contributed by atoms with Crippen molar-refractivity contribution in [1.82, 2.24) is 0 Å². The number of anilines is 1. The molecule has 100 valence electrons. The van der Waals surface area contributed by atoms with Crippen LogP contribution in [0.15, 0.2) is 36.4 Å². The second-order valence-corrected chi connectivity index (χ2v) is 4.71. The molecular weight excluding hydrogens is 302 g/mol. The third kappa shape index (κ3) is 3.08. The highest BCUT2D eigenvalue weighted by molar-refractivity contribution is 6.40. The van der Waals surface area contributed by atoms with Gasteiger partial charge in [-0.05, 0) is 30.3 Å². The average molecular weight is 309 g/mol. The molecule has 2 aromatic carbocycles. The Hall–Kier alpha value is -2.09. The van der Waals surface area contributed by atoms with Crippen LogP contribution in [0.2, 0.25) is 10.0 Å². The fourth-order valence-electron chi connectivity index (χ4n) is 1.58. The predicted octanol–water partition coefficient (Wildman–Crippen LogP) is 4.26. The number of carbonyl (C=O) groups is 1. The maximum Gasteiger partial charge on any atom is 0.255 e. The summed E-state index contributed by atoms with van der Waals surface area (Å²) >= 11 is 11.7. The van der Waals surface area contributed by atoms with E-state index in [0.717, 1.165) is 12.1 Å². The number of carbonyl (C=O) groups excluding carboxylic acids is 1. The Bertz CT molecular complexity index is 702. The molecule has 0 heterocycles. The summed E-state index contributed by atoms with van der Waals surface area (Å²) in [6, 6.07) is 10.2. The second kappa shape index (κ2) is 5.91. The molecule has 2 aromatic rings. The standard InChI is InChI=1S/C14H7Cl2FN2O/c15-11-5-10(17)6-12(16)13(11)19-14(20)9-3-1-2-8(4-9)7-18/h1-6H,(H,19,20). The molecule has 0 aliphatic heterocycles. The zero-order valence-corrected chi connectivity index (χ0v) is 11.5. The number of hydrogen-bond donors (Lipinski definition) is 1. The van der Waals surface area contributed by atoms with E-state index in [1.807, 2.05) is 6.07 Å². The van der Waals surface area contributed by atoms with Crippen LogP contribution in [0, 0.1) is 17.1 Å². The van der Waals surface area contributed by atoms with E-state index in [-0.39, 0.29) is 21.3 Å². The second-order valence-electron chi connectivity index (χ2n) is 3.89. The molecule has 0 aliphatic rings. The summed E-state index contributed by atoms with van der Waals surface area (Å²) in [5.74, 6) is -1.08. The van der Waals surface area contributed by atoms with Crippen LogP contribution in [0.25, 0.3) is 0 Å². The Morgan fingerprint density at radius 3 is 2.45 bits per heavy atom. The molecular formula is C14H7Cl2FN2O. The first-order valence-electron chi connectivity index (χ1n) is 5.47. The van der Waals surface area contributed by atoms with Gasteiger partial charge in [-0.15, -0.1) is 0 Å². The molecule has 3 nitrogen and oxygen atoms in total. The Morgan fingerprint density at radius 1 is 1.20 bits per heavy atom. The summed E-state index contributed by atoms with van der Waals surface area (Å²) in [5, 5.41) is 11.3. The maximum atomic E-state index is 13.0. The van der Waals surface area contributed by atoms with Gasteiger partial charge in [-0.2, -0.15) is 5.26 Å². The third-order valence-corrected chi connectivity index (χ3v) is 3.10. The van der Waals surface area contributed by atoms with E-state index >= 15 is 0 Å². The van der Waals surface area contributed by atoms with Gasteiger partial charge in [0.15, 0.2) is 0 Å². The van der Waals surface area contributed by atoms with Gasteiger partial charge in [0.05, 0.1) is 27.4 Å². The van der Waals surface area contributed by atoms with Gasteiger partial charge in [0.2, 0.25) is 0 Å². The van der Waals surface area contributed by atoms with Crippen LogP contribution < -0.4 is 5.32 Å². The summed E-state index contributed by atoms with van der Waals surface area (Å²) < 4.78 is 13.0. The molecule has 0 bridgehead atoms. The zero-order chi connectivity index (χ0) is 14.7. The van der Waals surface area contributed by atoms with Gasteiger partial charge in [0, 0.05) is 5.56 Å². The van der Waals surface area contributed by atoms with Gasteiger partial charge in [-0.1, -0.05) is 29.3 Å². The molecule has 0 aromatic heterocycles. The molecule has 0 saturated carbocycles. The summed E-state index contributed by atoms with van der Waals surface area (Å²) in [7, 11) is 0. The first-order chi connectivity index (χ1) is 9.51. The number of hydrogen-bond acceptors (Lipinski definition) is 2. The van der Waals surface area contributed by atoms with Crippen LogP contribution in [0.3, 0.4) is 0 Å². The maximum absolute atomic E-state index is 13.0. The van der Waals surface area contributed by atoms with Crippen molar-refractivity contribution in [3.05, 3.63) is 63.4 Å². The number of halogens is 3. The van der Waals surface area contributed by atoms with E-state index in [0.29, 0.717) is 5.56 Å². The number of nitrogens with zero attached hydrogens (tertiary/aromatic N) is 1. The van der Waals surface area contributed by atoms with Crippen LogP contribution in [0.5, 0.6) is 0 Å². The van der Waals surface area contributed by atoms with Crippen molar-refractivity contribution in [3.8, 4) is 6.07 Å². The van der Waals surface area contributed by atoms with Crippen LogP contribution in [-0.2, 0) is 0 Å². The van der Waals surface area contributed by atoms with Gasteiger partial charge in [-0.25, -0.2) is 4.39 Å². The third-order valence-electron chi connectivity index (χ3n) is 2.50. The van der Waals surface area contributed by atoms with E-state index in [4.69, 9.17) is 28.5 Å². The van der Waals surface area contributed by atoms with Gasteiger partial charge in [0.1, 0.15) is 5.82 Å². The van der Waals surface area contributed by atoms with Crippen molar-refractivity contribution >= 4 is 34.8 Å². The monoisotopic (exact) mass is 308 g/mol. The molecule has 6 heteroatoms. The minimum Gasteiger partial charge on any atom is -0.319 e. The van der Waals surface area contributed by atoms with Gasteiger partial charge in [0.25, 0.3) is 5.91 Å². The Morgan fingerprint density at radius 2 is 1.85 bits per heavy atom. The highest BCUT2D eigenvalue weighted by atomic mass is 35.5. The number of rotatable bonds is 2. The van der Waals surface area contributed by atoms with E-state index < -0.39 is 11.7 Å². The Labute approximate surface area is 124 Å². The molecule has 0 spiro atoms. The smallest absolute Gasteiger partial charge is 0.255 e. The largest absolute Gasteiger partial charge is 0.319 e. The summed E-state index contributed by atoms with van der Waals surface area (Å²) in [4.78, 5) is 12.0. The molecule has 0 unspecified atom stereocenters. The lowest BCUT2D eigenvalue weighted by molar-refractivity contribution is 0.102. The molecule has 1 N–H and O–H groups in total. The highest BCUT2D eigenvalue weighted by Crippen LogP contribution is 2.31. The van der Waals surface area contributed by atoms with Crippen molar-refractivity contribution in [3.63, 3.8) is 0 Å². The molecule has 0 radical (unpaired) electrons. The minimum absolute atomic E-state index is 0.000196. The molecule has 1 amide bonds. The number of amides is 1. The quantitative estimate of drug-likeness (QED) is 0.901. The summed E-state index contributed by atoms with van der Waals surface area (Å²) in [5.41, 5.74) is 0.761. The van der Waals surface area contributed by atoms with Gasteiger partial charge < -0.3 is 5.32 Å². The molecule has 0 fully saturated rings. The molecule has 0 atom stereocenters. The van der Waals surface area contributed by atoms with Gasteiger partial charge in [-0.3, -0.25) is 4.79 Å². The van der Waals surface area contributed by atoms with Crippen molar-refractivity contribution in [2.75, 3.05) is 5.32 Å². The number of benzene rings is 2. The van der Waals surface area contributed by atoms with E-state index in [1.165, 1.54) is 6.07 Å². The van der Waals surface area contributed by atoms with Crippen LogP contribution in [-0.4, -0.2) is 5.91 Å². The van der Waals surface area contributed by atoms with E-state index in [2.05, 4.69) is 5.32 Å². The zero-order valence-electron chi connectivity index (χ0n) is 9.95. The van der Waals surface area contributed by atoms with Crippen molar-refractivity contribution in [1.29, 1.82) is 5.26 Å². The normalized spacial score (nSPS) is 9.90. The predicted molar refractivity (Wildman–Crippen MR) is 75.5 cm³/mol. The highest BCUT2D eigenvalue weighted by Gasteiger charge is 2.13. The van der Waals surface area contributed by atoms with Crippen molar-refractivity contribution in [2.24, 2.45) is 0 Å². The van der Waals surface area contributed by atoms with Crippen LogP contribution in [0.1, 0.15) is 15.9 Å². The SMILES string of the molecule is N#Cc1cccc(C(=O)Nc2c(Cl)cc(F)cc2Cl)c1. The van der Waals surface area contributed by atoms with Crippen LogP contribution in [0.4, 0.5) is 10.1 Å². The Balaban J connectivity index is 2.31. The summed E-state index contributed by atoms with van der Waals surface area (Å²) in [6.07, 6.45) is 0. The molecule has 0 saturated heterocycles. The van der Waals surface area contributed by atoms with Crippen molar-refractivity contribution in [2.45, 2.75) is 0 Å². The number of nitrogens with one attached hydrogen (secondary N) is 1. The van der Waals surface area contributed by atoms with Crippen LogP contribution >= 0.6 is 23.2 Å². The van der Waals surface area contributed by atoms with Crippen molar-refractivity contribution < 1.29 is 9.18 Å². The fraction of sp³-hybridized carbons (Fsp3) is 0. The first-order valence-corrected chi connectivity index (χ1v) is 6.23.